The van der Waals surface area contributed by atoms with Gasteiger partial charge in [-0.15, -0.1) is 0 Å². The van der Waals surface area contributed by atoms with E-state index in [9.17, 15) is 10.1 Å². The first-order valence-corrected chi connectivity index (χ1v) is 10.0. The van der Waals surface area contributed by atoms with Gasteiger partial charge in [0.15, 0.2) is 0 Å². The van der Waals surface area contributed by atoms with Crippen molar-refractivity contribution in [3.63, 3.8) is 0 Å². The van der Waals surface area contributed by atoms with Crippen LogP contribution in [0.4, 0.5) is 5.69 Å². The Kier molecular flexibility index (Phi) is 7.40. The molecule has 0 heterocycles. The number of hydrogen-bond acceptors (Lipinski definition) is 3. The van der Waals surface area contributed by atoms with Gasteiger partial charge in [-0.05, 0) is 41.8 Å². The van der Waals surface area contributed by atoms with Gasteiger partial charge >= 0.3 is 0 Å². The van der Waals surface area contributed by atoms with E-state index in [-0.39, 0.29) is 11.5 Å². The van der Waals surface area contributed by atoms with E-state index in [0.29, 0.717) is 6.54 Å². The zero-order valence-electron chi connectivity index (χ0n) is 17.1. The van der Waals surface area contributed by atoms with Crippen LogP contribution in [0, 0.1) is 11.3 Å². The van der Waals surface area contributed by atoms with Crippen LogP contribution in [0.3, 0.4) is 0 Å². The molecule has 0 spiro atoms. The molecule has 0 fully saturated rings. The molecule has 150 valence electrons. The number of anilines is 1. The van der Waals surface area contributed by atoms with E-state index in [0.717, 1.165) is 29.9 Å². The predicted molar refractivity (Wildman–Crippen MR) is 121 cm³/mol. The van der Waals surface area contributed by atoms with Crippen molar-refractivity contribution < 1.29 is 4.79 Å². The summed E-state index contributed by atoms with van der Waals surface area (Å²) in [5.41, 5.74) is 4.26. The summed E-state index contributed by atoms with van der Waals surface area (Å²) < 4.78 is 0. The third kappa shape index (κ3) is 5.83. The summed E-state index contributed by atoms with van der Waals surface area (Å²) in [5.74, 6) is -0.371. The number of rotatable bonds is 8. The van der Waals surface area contributed by atoms with Gasteiger partial charge < -0.3 is 10.2 Å². The van der Waals surface area contributed by atoms with Crippen molar-refractivity contribution in [1.29, 1.82) is 5.26 Å². The lowest BCUT2D eigenvalue weighted by atomic mass is 10.1. The zero-order valence-corrected chi connectivity index (χ0v) is 17.1. The van der Waals surface area contributed by atoms with Crippen LogP contribution in [-0.2, 0) is 17.9 Å². The second-order valence-corrected chi connectivity index (χ2v) is 6.93. The number of carbonyl (C=O) groups is 1. The SMILES string of the molecule is CCN(Cc1ccccc1)c1ccc(/C=C(/C#N)C(=O)NCc2ccccc2)cc1. The quantitative estimate of drug-likeness (QED) is 0.434. The van der Waals surface area contributed by atoms with E-state index < -0.39 is 0 Å². The second-order valence-electron chi connectivity index (χ2n) is 6.93. The summed E-state index contributed by atoms with van der Waals surface area (Å²) in [5, 5.41) is 12.2. The van der Waals surface area contributed by atoms with Gasteiger partial charge in [-0.2, -0.15) is 5.26 Å². The summed E-state index contributed by atoms with van der Waals surface area (Å²) in [4.78, 5) is 14.6. The second kappa shape index (κ2) is 10.6. The number of carbonyl (C=O) groups excluding carboxylic acids is 1. The molecule has 0 aliphatic rings. The van der Waals surface area contributed by atoms with Gasteiger partial charge in [0.1, 0.15) is 11.6 Å². The molecule has 4 heteroatoms. The summed E-state index contributed by atoms with van der Waals surface area (Å²) in [6.07, 6.45) is 1.62. The lowest BCUT2D eigenvalue weighted by Gasteiger charge is -2.23. The Hall–Kier alpha value is -3.84. The largest absolute Gasteiger partial charge is 0.367 e. The van der Waals surface area contributed by atoms with Crippen LogP contribution in [0.15, 0.2) is 90.5 Å². The molecule has 0 aliphatic carbocycles. The summed E-state index contributed by atoms with van der Waals surface area (Å²) >= 11 is 0. The minimum absolute atomic E-state index is 0.0929. The molecule has 3 aromatic rings. The van der Waals surface area contributed by atoms with E-state index >= 15 is 0 Å². The molecule has 1 N–H and O–H groups in total. The topological polar surface area (TPSA) is 56.1 Å². The Morgan fingerprint density at radius 1 is 0.933 bits per heavy atom. The molecule has 3 rings (SSSR count). The highest BCUT2D eigenvalue weighted by Gasteiger charge is 2.09. The Morgan fingerprint density at radius 2 is 1.53 bits per heavy atom. The van der Waals surface area contributed by atoms with Crippen LogP contribution in [0.5, 0.6) is 0 Å². The van der Waals surface area contributed by atoms with Gasteiger partial charge in [0.05, 0.1) is 0 Å². The average molecular weight is 396 g/mol. The minimum Gasteiger partial charge on any atom is -0.367 e. The minimum atomic E-state index is -0.371. The highest BCUT2D eigenvalue weighted by Crippen LogP contribution is 2.19. The third-order valence-corrected chi connectivity index (χ3v) is 4.83. The first-order chi connectivity index (χ1) is 14.7. The van der Waals surface area contributed by atoms with Crippen LogP contribution in [0.25, 0.3) is 6.08 Å². The molecule has 0 radical (unpaired) electrons. The van der Waals surface area contributed by atoms with Crippen LogP contribution in [0.2, 0.25) is 0 Å². The van der Waals surface area contributed by atoms with Crippen molar-refractivity contribution in [3.8, 4) is 6.07 Å². The molecule has 0 aliphatic heterocycles. The first kappa shape index (κ1) is 20.9. The van der Waals surface area contributed by atoms with Crippen molar-refractivity contribution in [2.24, 2.45) is 0 Å². The van der Waals surface area contributed by atoms with Gasteiger partial charge in [0.25, 0.3) is 5.91 Å². The molecule has 4 nitrogen and oxygen atoms in total. The monoisotopic (exact) mass is 395 g/mol. The molecule has 0 saturated heterocycles. The highest BCUT2D eigenvalue weighted by atomic mass is 16.1. The molecule has 1 amide bonds. The lowest BCUT2D eigenvalue weighted by molar-refractivity contribution is -0.117. The fraction of sp³-hybridized carbons (Fsp3) is 0.154. The van der Waals surface area contributed by atoms with E-state index in [2.05, 4.69) is 29.3 Å². The number of nitriles is 1. The molecule has 30 heavy (non-hydrogen) atoms. The van der Waals surface area contributed by atoms with E-state index in [1.807, 2.05) is 78.9 Å². The van der Waals surface area contributed by atoms with Crippen molar-refractivity contribution >= 4 is 17.7 Å². The maximum absolute atomic E-state index is 12.4. The molecular formula is C26H25N3O. The Balaban J connectivity index is 1.66. The van der Waals surface area contributed by atoms with Crippen molar-refractivity contribution in [2.45, 2.75) is 20.0 Å². The molecule has 0 bridgehead atoms. The van der Waals surface area contributed by atoms with Crippen LogP contribution in [-0.4, -0.2) is 12.5 Å². The highest BCUT2D eigenvalue weighted by molar-refractivity contribution is 6.01. The fourth-order valence-corrected chi connectivity index (χ4v) is 3.16. The van der Waals surface area contributed by atoms with Crippen molar-refractivity contribution in [2.75, 3.05) is 11.4 Å². The summed E-state index contributed by atoms with van der Waals surface area (Å²) in [7, 11) is 0. The molecular weight excluding hydrogens is 370 g/mol. The first-order valence-electron chi connectivity index (χ1n) is 10.0. The maximum atomic E-state index is 12.4. The van der Waals surface area contributed by atoms with Crippen LogP contribution in [0.1, 0.15) is 23.6 Å². The van der Waals surface area contributed by atoms with Crippen molar-refractivity contribution in [3.05, 3.63) is 107 Å². The normalized spacial score (nSPS) is 10.9. The van der Waals surface area contributed by atoms with Crippen LogP contribution < -0.4 is 10.2 Å². The third-order valence-electron chi connectivity index (χ3n) is 4.83. The fourth-order valence-electron chi connectivity index (χ4n) is 3.16. The maximum Gasteiger partial charge on any atom is 0.262 e. The smallest absolute Gasteiger partial charge is 0.262 e. The van der Waals surface area contributed by atoms with E-state index in [1.54, 1.807) is 6.08 Å². The van der Waals surface area contributed by atoms with Gasteiger partial charge in [0, 0.05) is 25.3 Å². The standard InChI is InChI=1S/C26H25N3O/c1-2-29(20-23-11-7-4-8-12-23)25-15-13-21(14-16-25)17-24(18-27)26(30)28-19-22-9-5-3-6-10-22/h3-17H,2,19-20H2,1H3,(H,28,30)/b24-17-. The van der Waals surface area contributed by atoms with E-state index in [1.165, 1.54) is 5.56 Å². The number of amides is 1. The average Bonchev–Trinajstić information content (AvgIpc) is 2.81. The number of nitrogens with one attached hydrogen (secondary N) is 1. The number of benzene rings is 3. The van der Waals surface area contributed by atoms with Gasteiger partial charge in [-0.25, -0.2) is 0 Å². The molecule has 0 atom stereocenters. The van der Waals surface area contributed by atoms with Crippen molar-refractivity contribution in [1.82, 2.24) is 5.32 Å². The predicted octanol–water partition coefficient (Wildman–Crippen LogP) is 4.94. The molecule has 0 saturated carbocycles. The summed E-state index contributed by atoms with van der Waals surface area (Å²) in [6.45, 7) is 4.23. The Morgan fingerprint density at radius 3 is 2.10 bits per heavy atom. The molecule has 0 aromatic heterocycles. The molecule has 3 aromatic carbocycles. The zero-order chi connectivity index (χ0) is 21.2. The van der Waals surface area contributed by atoms with Crippen LogP contribution >= 0.6 is 0 Å². The van der Waals surface area contributed by atoms with Gasteiger partial charge in [-0.3, -0.25) is 4.79 Å². The lowest BCUT2D eigenvalue weighted by Crippen LogP contribution is -2.23. The number of hydrogen-bond donors (Lipinski definition) is 1. The van der Waals surface area contributed by atoms with Gasteiger partial charge in [0.2, 0.25) is 0 Å². The Bertz CT molecular complexity index is 1020. The Labute approximate surface area is 178 Å². The van der Waals surface area contributed by atoms with Gasteiger partial charge in [-0.1, -0.05) is 72.8 Å². The summed E-state index contributed by atoms with van der Waals surface area (Å²) in [6, 6.07) is 29.9. The number of nitrogens with zero attached hydrogens (tertiary/aromatic N) is 2. The van der Waals surface area contributed by atoms with E-state index in [4.69, 9.17) is 0 Å². The molecule has 0 unspecified atom stereocenters.